The summed E-state index contributed by atoms with van der Waals surface area (Å²) in [6.07, 6.45) is 0. The zero-order chi connectivity index (χ0) is 4.71. The van der Waals surface area contributed by atoms with E-state index in [1.165, 1.54) is 0 Å². The predicted molar refractivity (Wildman–Crippen MR) is 10.4 cm³/mol. The Morgan fingerprint density at radius 1 is 1.20 bits per heavy atom. The van der Waals surface area contributed by atoms with Crippen molar-refractivity contribution in [3.63, 3.8) is 0 Å². The summed E-state index contributed by atoms with van der Waals surface area (Å²) in [6, 6.07) is 0. The number of rotatable bonds is 0. The predicted octanol–water partition coefficient (Wildman–Crippen LogP) is 0.235. The van der Waals surface area contributed by atoms with Crippen LogP contribution in [0.4, 0.5) is 0 Å². The molecule has 0 amide bonds. The van der Waals surface area contributed by atoms with Crippen molar-refractivity contribution in [2.45, 2.75) is 0 Å². The quantitative estimate of drug-likeness (QED) is 0.346. The molecular weight excluding hydrogens is 127 g/mol. The van der Waals surface area contributed by atoms with Crippen molar-refractivity contribution in [2.24, 2.45) is 0 Å². The molecule has 3 nitrogen and oxygen atoms in total. The fraction of sp³-hybridized carbons (Fsp3) is 0. The first-order valence-corrected chi connectivity index (χ1v) is 2.30. The van der Waals surface area contributed by atoms with Gasteiger partial charge < -0.3 is 0 Å². The second kappa shape index (κ2) is 25.7. The summed E-state index contributed by atoms with van der Waals surface area (Å²) in [4.78, 5) is 0. The van der Waals surface area contributed by atoms with Crippen molar-refractivity contribution < 1.29 is 30.3 Å². The Morgan fingerprint density at radius 3 is 1.20 bits per heavy atom. The Morgan fingerprint density at radius 2 is 1.20 bits per heavy atom. The SMILES string of the molecule is O=P.[O]=[Ti]=[O]. The van der Waals surface area contributed by atoms with Crippen LogP contribution in [0.3, 0.4) is 0 Å². The summed E-state index contributed by atoms with van der Waals surface area (Å²) < 4.78 is 25.1. The molecule has 0 aliphatic carbocycles. The maximum atomic E-state index is 8.50. The van der Waals surface area contributed by atoms with Crippen molar-refractivity contribution in [2.75, 3.05) is 0 Å². The molecule has 0 radical (unpaired) electrons. The van der Waals surface area contributed by atoms with Gasteiger partial charge in [0, 0.05) is 0 Å². The molecule has 5 heavy (non-hydrogen) atoms. The summed E-state index contributed by atoms with van der Waals surface area (Å²) in [5, 5.41) is 0. The van der Waals surface area contributed by atoms with Crippen LogP contribution in [0, 0.1) is 0 Å². The first-order valence-electron chi connectivity index (χ1n) is 0.612. The Kier molecular flexibility index (Phi) is 46.6. The molecule has 5 heteroatoms. The van der Waals surface area contributed by atoms with Gasteiger partial charge in [-0.25, -0.2) is 0 Å². The van der Waals surface area contributed by atoms with E-state index in [2.05, 4.69) is 0 Å². The second-order valence-electron chi connectivity index (χ2n) is 0.0833. The molecule has 0 N–H and O–H groups in total. The summed E-state index contributed by atoms with van der Waals surface area (Å²) in [7, 11) is 1.72. The van der Waals surface area contributed by atoms with Crippen LogP contribution in [0.25, 0.3) is 0 Å². The van der Waals surface area contributed by atoms with E-state index in [9.17, 15) is 0 Å². The molecule has 0 aromatic rings. The van der Waals surface area contributed by atoms with E-state index in [1.807, 2.05) is 0 Å². The minimum absolute atomic E-state index is 1.72. The van der Waals surface area contributed by atoms with Crippen LogP contribution in [0.15, 0.2) is 0 Å². The Balaban J connectivity index is 0. The number of hydrogen-bond acceptors (Lipinski definition) is 3. The molecular formula is HO3PTi. The van der Waals surface area contributed by atoms with E-state index in [-0.39, 0.29) is 0 Å². The van der Waals surface area contributed by atoms with Gasteiger partial charge in [-0.05, 0) is 0 Å². The third kappa shape index (κ3) is 150. The van der Waals surface area contributed by atoms with Gasteiger partial charge in [-0.2, -0.15) is 0 Å². The van der Waals surface area contributed by atoms with Gasteiger partial charge in [0.05, 0.1) is 0 Å². The molecule has 0 atom stereocenters. The van der Waals surface area contributed by atoms with E-state index in [0.717, 1.165) is 0 Å². The molecule has 0 saturated heterocycles. The van der Waals surface area contributed by atoms with E-state index < -0.39 is 19.1 Å². The zero-order valence-corrected chi connectivity index (χ0v) is 4.79. The molecule has 0 aromatic heterocycles. The van der Waals surface area contributed by atoms with Crippen LogP contribution >= 0.6 is 9.12 Å². The minimum atomic E-state index is -2.00. The fourth-order valence-electron chi connectivity index (χ4n) is 0. The van der Waals surface area contributed by atoms with Crippen molar-refractivity contribution in [1.29, 1.82) is 0 Å². The van der Waals surface area contributed by atoms with Crippen LogP contribution in [0.5, 0.6) is 0 Å². The normalized spacial score (nSPS) is 2.40. The van der Waals surface area contributed by atoms with Gasteiger partial charge in [-0.3, -0.25) is 4.57 Å². The molecule has 0 rings (SSSR count). The molecule has 0 fully saturated rings. The maximum absolute atomic E-state index is 8.50. The van der Waals surface area contributed by atoms with Crippen molar-refractivity contribution in [1.82, 2.24) is 0 Å². The first-order chi connectivity index (χ1) is 2.41. The third-order valence-corrected chi connectivity index (χ3v) is 0. The van der Waals surface area contributed by atoms with Gasteiger partial charge in [0.25, 0.3) is 0 Å². The van der Waals surface area contributed by atoms with Crippen molar-refractivity contribution in [3.05, 3.63) is 0 Å². The molecule has 0 aliphatic heterocycles. The van der Waals surface area contributed by atoms with Crippen LogP contribution in [0.1, 0.15) is 0 Å². The molecule has 0 unspecified atom stereocenters. The van der Waals surface area contributed by atoms with E-state index in [1.54, 1.807) is 9.12 Å². The molecule has 0 heterocycles. The van der Waals surface area contributed by atoms with Crippen molar-refractivity contribution >= 4 is 9.12 Å². The van der Waals surface area contributed by atoms with Gasteiger partial charge in [-0.1, -0.05) is 0 Å². The van der Waals surface area contributed by atoms with Crippen molar-refractivity contribution in [3.8, 4) is 0 Å². The van der Waals surface area contributed by atoms with E-state index in [4.69, 9.17) is 11.2 Å². The van der Waals surface area contributed by atoms with Crippen LogP contribution in [-0.4, -0.2) is 0 Å². The van der Waals surface area contributed by atoms with Gasteiger partial charge in [0.2, 0.25) is 0 Å². The summed E-state index contributed by atoms with van der Waals surface area (Å²) in [5.74, 6) is 0. The Labute approximate surface area is 39.9 Å². The van der Waals surface area contributed by atoms with Gasteiger partial charge >= 0.3 is 25.7 Å². The van der Waals surface area contributed by atoms with E-state index >= 15 is 0 Å². The zero-order valence-electron chi connectivity index (χ0n) is 2.22. The average Bonchev–Trinajstić information content (AvgIpc) is 1.46. The molecule has 0 bridgehead atoms. The van der Waals surface area contributed by atoms with Gasteiger partial charge in [0.15, 0.2) is 0 Å². The summed E-state index contributed by atoms with van der Waals surface area (Å²) in [6.45, 7) is 0. The molecule has 28 valence electrons. The second-order valence-corrected chi connectivity index (χ2v) is 0.344. The van der Waals surface area contributed by atoms with Gasteiger partial charge in [-0.15, -0.1) is 0 Å². The Hall–Kier alpha value is 0.414. The summed E-state index contributed by atoms with van der Waals surface area (Å²) in [5.41, 5.74) is 0. The molecule has 0 aromatic carbocycles. The van der Waals surface area contributed by atoms with Crippen LogP contribution in [0.2, 0.25) is 0 Å². The monoisotopic (exact) mass is 128 g/mol. The van der Waals surface area contributed by atoms with E-state index in [0.29, 0.717) is 0 Å². The standard InChI is InChI=1S/HOP.2O.Ti/c1-2;;;/h2H;;;. The molecule has 0 spiro atoms. The molecule has 0 aliphatic rings. The third-order valence-electron chi connectivity index (χ3n) is 0. The fourth-order valence-corrected chi connectivity index (χ4v) is 0. The Bertz CT molecular complexity index is 36.2. The topological polar surface area (TPSA) is 51.2 Å². The average molecular weight is 128 g/mol. The summed E-state index contributed by atoms with van der Waals surface area (Å²) >= 11 is -2.00. The van der Waals surface area contributed by atoms with Gasteiger partial charge in [0.1, 0.15) is 9.12 Å². The first kappa shape index (κ1) is 9.05. The van der Waals surface area contributed by atoms with Crippen LogP contribution in [-0.2, 0) is 30.3 Å². The molecule has 0 saturated carbocycles. The number of hydrogen-bond donors (Lipinski definition) is 0. The van der Waals surface area contributed by atoms with Crippen LogP contribution < -0.4 is 0 Å².